The number of fused-ring (bicyclic) bond motifs is 1. The number of hydrogen-bond acceptors (Lipinski definition) is 6. The van der Waals surface area contributed by atoms with Gasteiger partial charge in [-0.2, -0.15) is 5.10 Å². The second kappa shape index (κ2) is 10.5. The van der Waals surface area contributed by atoms with Gasteiger partial charge in [0.05, 0.1) is 18.1 Å². The molecule has 0 N–H and O–H groups in total. The smallest absolute Gasteiger partial charge is 0.180 e. The second-order valence-electron chi connectivity index (χ2n) is 9.44. The van der Waals surface area contributed by atoms with E-state index < -0.39 is 0 Å². The summed E-state index contributed by atoms with van der Waals surface area (Å²) in [6.45, 7) is 8.74. The van der Waals surface area contributed by atoms with Crippen molar-refractivity contribution in [2.24, 2.45) is 7.05 Å². The molecule has 0 radical (unpaired) electrons. The van der Waals surface area contributed by atoms with Crippen molar-refractivity contribution in [3.8, 4) is 11.3 Å². The summed E-state index contributed by atoms with van der Waals surface area (Å²) in [6, 6.07) is 11.1. The molecule has 0 unspecified atom stereocenters. The molecule has 0 amide bonds. The first kappa shape index (κ1) is 23.4. The summed E-state index contributed by atoms with van der Waals surface area (Å²) in [5.41, 5.74) is 7.13. The number of piperidine rings is 1. The van der Waals surface area contributed by atoms with Crippen LogP contribution in [0.2, 0.25) is 0 Å². The second-order valence-corrected chi connectivity index (χ2v) is 9.44. The first-order valence-corrected chi connectivity index (χ1v) is 12.9. The van der Waals surface area contributed by atoms with Gasteiger partial charge in [-0.05, 0) is 74.2 Å². The van der Waals surface area contributed by atoms with E-state index in [4.69, 9.17) is 9.97 Å². The Hall–Kier alpha value is -3.32. The third kappa shape index (κ3) is 5.35. The minimum atomic E-state index is 0.661. The lowest BCUT2D eigenvalue weighted by Crippen LogP contribution is -2.36. The van der Waals surface area contributed by atoms with Crippen molar-refractivity contribution in [3.05, 3.63) is 60.0 Å². The van der Waals surface area contributed by atoms with Crippen LogP contribution in [-0.2, 0) is 19.9 Å². The van der Waals surface area contributed by atoms with Crippen LogP contribution in [0.15, 0.2) is 48.9 Å². The highest BCUT2D eigenvalue weighted by molar-refractivity contribution is 5.76. The molecule has 7 heteroatoms. The summed E-state index contributed by atoms with van der Waals surface area (Å²) in [4.78, 5) is 19.5. The zero-order valence-corrected chi connectivity index (χ0v) is 21.1. The lowest BCUT2D eigenvalue weighted by molar-refractivity contribution is 0.234. The minimum Gasteiger partial charge on any atom is -0.325 e. The Kier molecular flexibility index (Phi) is 7.04. The summed E-state index contributed by atoms with van der Waals surface area (Å²) in [6.07, 6.45) is 11.5. The summed E-state index contributed by atoms with van der Waals surface area (Å²) < 4.78 is 1.78. The molecule has 5 rings (SSSR count). The van der Waals surface area contributed by atoms with E-state index in [2.05, 4.69) is 58.0 Å². The van der Waals surface area contributed by atoms with Gasteiger partial charge in [0.2, 0.25) is 0 Å². The normalized spacial score (nSPS) is 14.5. The summed E-state index contributed by atoms with van der Waals surface area (Å²) in [5.74, 6) is 0.919. The first-order chi connectivity index (χ1) is 17.1. The van der Waals surface area contributed by atoms with Gasteiger partial charge in [-0.3, -0.25) is 9.67 Å². The molecule has 0 bridgehead atoms. The number of likely N-dealkylation sites (tertiary alicyclic amines) is 1. The number of pyridine rings is 1. The zero-order chi connectivity index (χ0) is 24.2. The van der Waals surface area contributed by atoms with Gasteiger partial charge < -0.3 is 9.80 Å². The number of nitrogens with zero attached hydrogens (tertiary/aromatic N) is 7. The average Bonchev–Trinajstić information content (AvgIpc) is 3.35. The Morgan fingerprint density at radius 2 is 1.69 bits per heavy atom. The van der Waals surface area contributed by atoms with Crippen molar-refractivity contribution >= 4 is 22.7 Å². The molecule has 1 aliphatic rings. The fourth-order valence-corrected chi connectivity index (χ4v) is 4.84. The molecule has 1 aliphatic heterocycles. The highest BCUT2D eigenvalue weighted by Crippen LogP contribution is 2.28. The minimum absolute atomic E-state index is 0.661. The molecular formula is C28H35N7. The molecule has 1 saturated heterocycles. The van der Waals surface area contributed by atoms with Crippen LogP contribution in [-0.4, -0.2) is 55.8 Å². The lowest BCUT2D eigenvalue weighted by Gasteiger charge is -2.31. The van der Waals surface area contributed by atoms with Crippen molar-refractivity contribution in [3.63, 3.8) is 0 Å². The van der Waals surface area contributed by atoms with Gasteiger partial charge in [-0.25, -0.2) is 9.97 Å². The highest BCUT2D eigenvalue weighted by Gasteiger charge is 2.17. The van der Waals surface area contributed by atoms with Crippen molar-refractivity contribution in [2.75, 3.05) is 31.1 Å². The van der Waals surface area contributed by atoms with Crippen LogP contribution in [0, 0.1) is 0 Å². The van der Waals surface area contributed by atoms with E-state index >= 15 is 0 Å². The Labute approximate surface area is 207 Å². The van der Waals surface area contributed by atoms with Gasteiger partial charge in [0.15, 0.2) is 5.65 Å². The highest BCUT2D eigenvalue weighted by atomic mass is 15.2. The van der Waals surface area contributed by atoms with Crippen LogP contribution >= 0.6 is 0 Å². The van der Waals surface area contributed by atoms with Crippen molar-refractivity contribution < 1.29 is 0 Å². The van der Waals surface area contributed by atoms with E-state index in [0.717, 1.165) is 48.5 Å². The molecule has 1 aromatic carbocycles. The molecule has 1 fully saturated rings. The molecule has 0 spiro atoms. The van der Waals surface area contributed by atoms with Crippen LogP contribution in [0.5, 0.6) is 0 Å². The van der Waals surface area contributed by atoms with Gasteiger partial charge in [-0.1, -0.05) is 26.3 Å². The Bertz CT molecular complexity index is 1270. The topological polar surface area (TPSA) is 63.0 Å². The maximum Gasteiger partial charge on any atom is 0.180 e. The Morgan fingerprint density at radius 3 is 2.37 bits per heavy atom. The van der Waals surface area contributed by atoms with Crippen molar-refractivity contribution in [1.29, 1.82) is 0 Å². The van der Waals surface area contributed by atoms with E-state index in [-0.39, 0.29) is 0 Å². The molecule has 7 nitrogen and oxygen atoms in total. The van der Waals surface area contributed by atoms with E-state index in [0.29, 0.717) is 5.65 Å². The van der Waals surface area contributed by atoms with Gasteiger partial charge in [0.1, 0.15) is 11.3 Å². The number of anilines is 2. The van der Waals surface area contributed by atoms with Crippen LogP contribution in [0.3, 0.4) is 0 Å². The molecule has 0 saturated carbocycles. The Morgan fingerprint density at radius 1 is 0.914 bits per heavy atom. The molecular weight excluding hydrogens is 434 g/mol. The SMILES string of the molecule is CCc1cc(CC)cc(N(CCN2CCCCC2)c2ccc3ncc(-c4cnn(C)c4)nc3n2)c1. The summed E-state index contributed by atoms with van der Waals surface area (Å²) in [7, 11) is 1.91. The van der Waals surface area contributed by atoms with E-state index in [1.54, 1.807) is 10.9 Å². The van der Waals surface area contributed by atoms with Crippen LogP contribution in [0.25, 0.3) is 22.4 Å². The molecule has 0 aliphatic carbocycles. The fourth-order valence-electron chi connectivity index (χ4n) is 4.84. The predicted molar refractivity (Wildman–Crippen MR) is 142 cm³/mol. The predicted octanol–water partition coefficient (Wildman–Crippen LogP) is 5.17. The van der Waals surface area contributed by atoms with Crippen LogP contribution < -0.4 is 4.90 Å². The molecule has 4 heterocycles. The largest absolute Gasteiger partial charge is 0.325 e. The summed E-state index contributed by atoms with van der Waals surface area (Å²) >= 11 is 0. The fraction of sp³-hybridized carbons (Fsp3) is 0.429. The number of benzene rings is 1. The van der Waals surface area contributed by atoms with Crippen molar-refractivity contribution in [1.82, 2.24) is 29.6 Å². The third-order valence-electron chi connectivity index (χ3n) is 6.92. The van der Waals surface area contributed by atoms with Gasteiger partial charge in [0, 0.05) is 37.6 Å². The zero-order valence-electron chi connectivity index (χ0n) is 21.1. The molecule has 4 aromatic rings. The summed E-state index contributed by atoms with van der Waals surface area (Å²) in [5, 5.41) is 4.28. The molecule has 35 heavy (non-hydrogen) atoms. The van der Waals surface area contributed by atoms with Crippen molar-refractivity contribution in [2.45, 2.75) is 46.0 Å². The van der Waals surface area contributed by atoms with Crippen LogP contribution in [0.4, 0.5) is 11.5 Å². The first-order valence-electron chi connectivity index (χ1n) is 12.9. The number of aryl methyl sites for hydroxylation is 3. The number of rotatable bonds is 8. The third-order valence-corrected chi connectivity index (χ3v) is 6.92. The van der Waals surface area contributed by atoms with Gasteiger partial charge in [-0.15, -0.1) is 0 Å². The number of hydrogen-bond donors (Lipinski definition) is 0. The Balaban J connectivity index is 1.53. The quantitative estimate of drug-likeness (QED) is 0.355. The van der Waals surface area contributed by atoms with Crippen LogP contribution in [0.1, 0.15) is 44.2 Å². The van der Waals surface area contributed by atoms with Gasteiger partial charge in [0.25, 0.3) is 0 Å². The molecule has 182 valence electrons. The monoisotopic (exact) mass is 469 g/mol. The van der Waals surface area contributed by atoms with E-state index in [9.17, 15) is 0 Å². The average molecular weight is 470 g/mol. The van der Waals surface area contributed by atoms with E-state index in [1.807, 2.05) is 25.5 Å². The molecule has 3 aromatic heterocycles. The molecule has 0 atom stereocenters. The maximum atomic E-state index is 5.03. The van der Waals surface area contributed by atoms with Gasteiger partial charge >= 0.3 is 0 Å². The maximum absolute atomic E-state index is 5.03. The lowest BCUT2D eigenvalue weighted by atomic mass is 10.0. The van der Waals surface area contributed by atoms with E-state index in [1.165, 1.54) is 49.2 Å². The number of aromatic nitrogens is 5. The standard InChI is InChI=1S/C28H35N7/c1-4-21-15-22(5-2)17-24(16-21)35(14-13-34-11-7-6-8-12-34)27-10-9-25-28(32-27)31-26(19-29-25)23-18-30-33(3)20-23/h9-10,15-20H,4-8,11-14H2,1-3H3.